The van der Waals surface area contributed by atoms with Crippen molar-refractivity contribution in [1.29, 1.82) is 0 Å². The van der Waals surface area contributed by atoms with Crippen molar-refractivity contribution in [1.82, 2.24) is 4.31 Å². The van der Waals surface area contributed by atoms with Crippen molar-refractivity contribution in [2.24, 2.45) is 0 Å². The van der Waals surface area contributed by atoms with Gasteiger partial charge in [0.05, 0.1) is 4.90 Å². The van der Waals surface area contributed by atoms with E-state index in [1.54, 1.807) is 22.5 Å². The molecular weight excluding hydrogens is 408 g/mol. The lowest BCUT2D eigenvalue weighted by atomic mass is 10.0. The lowest BCUT2D eigenvalue weighted by molar-refractivity contribution is 0.102. The van der Waals surface area contributed by atoms with E-state index in [9.17, 15) is 13.2 Å². The van der Waals surface area contributed by atoms with Crippen molar-refractivity contribution in [2.45, 2.75) is 30.6 Å². The van der Waals surface area contributed by atoms with Crippen molar-refractivity contribution in [3.05, 3.63) is 84.4 Å². The summed E-state index contributed by atoms with van der Waals surface area (Å²) in [6, 6.07) is 23.7. The Morgan fingerprint density at radius 1 is 0.774 bits per heavy atom. The molecule has 0 aromatic heterocycles. The van der Waals surface area contributed by atoms with E-state index >= 15 is 0 Å². The number of nitrogens with one attached hydrogen (secondary N) is 1. The van der Waals surface area contributed by atoms with Crippen LogP contribution < -0.4 is 5.32 Å². The molecule has 1 aliphatic heterocycles. The monoisotopic (exact) mass is 434 g/mol. The molecule has 160 valence electrons. The van der Waals surface area contributed by atoms with E-state index in [1.165, 1.54) is 6.07 Å². The van der Waals surface area contributed by atoms with Crippen LogP contribution in [0, 0.1) is 0 Å². The van der Waals surface area contributed by atoms with Crippen molar-refractivity contribution in [2.75, 3.05) is 18.4 Å². The molecule has 1 saturated heterocycles. The number of rotatable bonds is 5. The Morgan fingerprint density at radius 2 is 1.45 bits per heavy atom. The van der Waals surface area contributed by atoms with E-state index in [0.29, 0.717) is 24.3 Å². The molecule has 6 heteroatoms. The van der Waals surface area contributed by atoms with Gasteiger partial charge in [-0.1, -0.05) is 67.4 Å². The van der Waals surface area contributed by atoms with Gasteiger partial charge in [-0.2, -0.15) is 4.31 Å². The number of para-hydroxylation sites is 1. The van der Waals surface area contributed by atoms with Gasteiger partial charge in [0, 0.05) is 29.9 Å². The number of benzene rings is 3. The zero-order valence-corrected chi connectivity index (χ0v) is 18.1. The Hall–Kier alpha value is -2.96. The molecular formula is C25H26N2O3S. The molecule has 0 atom stereocenters. The normalized spacial score (nSPS) is 15.2. The largest absolute Gasteiger partial charge is 0.321 e. The maximum atomic E-state index is 13.1. The smallest absolute Gasteiger partial charge is 0.255 e. The number of carbonyl (C=O) groups excluding carboxylic acids is 1. The fourth-order valence-corrected chi connectivity index (χ4v) is 5.45. The fourth-order valence-electron chi connectivity index (χ4n) is 3.88. The molecule has 0 bridgehead atoms. The van der Waals surface area contributed by atoms with Crippen LogP contribution in [0.5, 0.6) is 0 Å². The van der Waals surface area contributed by atoms with E-state index in [2.05, 4.69) is 5.32 Å². The number of hydrogen-bond acceptors (Lipinski definition) is 3. The van der Waals surface area contributed by atoms with Gasteiger partial charge in [0.25, 0.3) is 5.91 Å². The Morgan fingerprint density at radius 3 is 2.19 bits per heavy atom. The predicted molar refractivity (Wildman–Crippen MR) is 124 cm³/mol. The quantitative estimate of drug-likeness (QED) is 0.602. The molecule has 1 N–H and O–H groups in total. The number of nitrogens with zero attached hydrogens (tertiary/aromatic N) is 1. The van der Waals surface area contributed by atoms with E-state index in [-0.39, 0.29) is 10.8 Å². The zero-order chi connectivity index (χ0) is 21.7. The summed E-state index contributed by atoms with van der Waals surface area (Å²) in [4.78, 5) is 13.2. The van der Waals surface area contributed by atoms with Crippen LogP contribution in [0.4, 0.5) is 5.69 Å². The summed E-state index contributed by atoms with van der Waals surface area (Å²) in [6.45, 7) is 1.06. The van der Waals surface area contributed by atoms with Crippen molar-refractivity contribution >= 4 is 21.6 Å². The van der Waals surface area contributed by atoms with Gasteiger partial charge in [-0.05, 0) is 42.7 Å². The fraction of sp³-hybridized carbons (Fsp3) is 0.240. The minimum atomic E-state index is -3.61. The summed E-state index contributed by atoms with van der Waals surface area (Å²) >= 11 is 0. The average molecular weight is 435 g/mol. The molecule has 1 amide bonds. The SMILES string of the molecule is O=C(Nc1ccccc1-c1ccccc1)c1cccc(S(=O)(=O)N2CCCCCC2)c1. The van der Waals surface area contributed by atoms with Gasteiger partial charge in [-0.15, -0.1) is 0 Å². The summed E-state index contributed by atoms with van der Waals surface area (Å²) in [7, 11) is -3.61. The molecule has 3 aromatic carbocycles. The second-order valence-corrected chi connectivity index (χ2v) is 9.65. The highest BCUT2D eigenvalue weighted by Gasteiger charge is 2.26. The van der Waals surface area contributed by atoms with Crippen LogP contribution in [0.15, 0.2) is 83.8 Å². The first kappa shape index (κ1) is 21.3. The molecule has 1 heterocycles. The van der Waals surface area contributed by atoms with Crippen LogP contribution >= 0.6 is 0 Å². The van der Waals surface area contributed by atoms with Gasteiger partial charge in [0.1, 0.15) is 0 Å². The second-order valence-electron chi connectivity index (χ2n) is 7.71. The van der Waals surface area contributed by atoms with Crippen molar-refractivity contribution in [3.8, 4) is 11.1 Å². The second kappa shape index (κ2) is 9.45. The first-order chi connectivity index (χ1) is 15.1. The average Bonchev–Trinajstić information content (AvgIpc) is 3.10. The Balaban J connectivity index is 1.59. The van der Waals surface area contributed by atoms with Crippen LogP contribution in [-0.4, -0.2) is 31.7 Å². The molecule has 4 rings (SSSR count). The van der Waals surface area contributed by atoms with Gasteiger partial charge in [0.15, 0.2) is 0 Å². The lowest BCUT2D eigenvalue weighted by Gasteiger charge is -2.20. The first-order valence-electron chi connectivity index (χ1n) is 10.6. The number of amides is 1. The van der Waals surface area contributed by atoms with Crippen molar-refractivity contribution in [3.63, 3.8) is 0 Å². The summed E-state index contributed by atoms with van der Waals surface area (Å²) in [5, 5.41) is 2.95. The number of anilines is 1. The Labute approximate surface area is 183 Å². The minimum absolute atomic E-state index is 0.165. The van der Waals surface area contributed by atoms with Gasteiger partial charge in [-0.25, -0.2) is 8.42 Å². The highest BCUT2D eigenvalue weighted by atomic mass is 32.2. The Bertz CT molecular complexity index is 1150. The molecule has 0 radical (unpaired) electrons. The molecule has 3 aromatic rings. The predicted octanol–water partition coefficient (Wildman–Crippen LogP) is 5.17. The molecule has 1 aliphatic rings. The maximum Gasteiger partial charge on any atom is 0.255 e. The molecule has 0 unspecified atom stereocenters. The van der Waals surface area contributed by atoms with E-state index in [0.717, 1.165) is 36.8 Å². The summed E-state index contributed by atoms with van der Waals surface area (Å²) in [5.74, 6) is -0.337. The van der Waals surface area contributed by atoms with Gasteiger partial charge >= 0.3 is 0 Å². The van der Waals surface area contributed by atoms with Crippen LogP contribution in [0.3, 0.4) is 0 Å². The van der Waals surface area contributed by atoms with Gasteiger partial charge < -0.3 is 5.32 Å². The third kappa shape index (κ3) is 4.86. The highest BCUT2D eigenvalue weighted by molar-refractivity contribution is 7.89. The number of sulfonamides is 1. The topological polar surface area (TPSA) is 66.5 Å². The van der Waals surface area contributed by atoms with Crippen molar-refractivity contribution < 1.29 is 13.2 Å². The summed E-state index contributed by atoms with van der Waals surface area (Å²) < 4.78 is 27.8. The zero-order valence-electron chi connectivity index (χ0n) is 17.3. The number of hydrogen-bond donors (Lipinski definition) is 1. The minimum Gasteiger partial charge on any atom is -0.321 e. The molecule has 0 saturated carbocycles. The van der Waals surface area contributed by atoms with Gasteiger partial charge in [-0.3, -0.25) is 4.79 Å². The van der Waals surface area contributed by atoms with Gasteiger partial charge in [0.2, 0.25) is 10.0 Å². The number of carbonyl (C=O) groups is 1. The van der Waals surface area contributed by atoms with E-state index < -0.39 is 10.0 Å². The first-order valence-corrected chi connectivity index (χ1v) is 12.1. The van der Waals surface area contributed by atoms with E-state index in [1.807, 2.05) is 54.6 Å². The van der Waals surface area contributed by atoms with Crippen LogP contribution in [0.2, 0.25) is 0 Å². The standard InChI is InChI=1S/C25H26N2O3S/c28-25(26-24-16-7-6-15-23(24)20-11-4-3-5-12-20)21-13-10-14-22(19-21)31(29,30)27-17-8-1-2-9-18-27/h3-7,10-16,19H,1-2,8-9,17-18H2,(H,26,28). The van der Waals surface area contributed by atoms with Crippen LogP contribution in [0.25, 0.3) is 11.1 Å². The van der Waals surface area contributed by atoms with Crippen LogP contribution in [-0.2, 0) is 10.0 Å². The molecule has 0 aliphatic carbocycles. The van der Waals surface area contributed by atoms with Crippen LogP contribution in [0.1, 0.15) is 36.0 Å². The Kier molecular flexibility index (Phi) is 6.49. The molecule has 0 spiro atoms. The summed E-state index contributed by atoms with van der Waals surface area (Å²) in [5.41, 5.74) is 2.90. The molecule has 31 heavy (non-hydrogen) atoms. The summed E-state index contributed by atoms with van der Waals surface area (Å²) in [6.07, 6.45) is 3.84. The van der Waals surface area contributed by atoms with E-state index in [4.69, 9.17) is 0 Å². The third-order valence-electron chi connectivity index (χ3n) is 5.56. The lowest BCUT2D eigenvalue weighted by Crippen LogP contribution is -2.32. The molecule has 5 nitrogen and oxygen atoms in total. The third-order valence-corrected chi connectivity index (χ3v) is 7.45. The maximum absolute atomic E-state index is 13.1. The molecule has 1 fully saturated rings. The highest BCUT2D eigenvalue weighted by Crippen LogP contribution is 2.28.